The zero-order valence-electron chi connectivity index (χ0n) is 8.56. The molecular formula is C11H16O2S. The molecule has 1 aromatic rings. The van der Waals surface area contributed by atoms with Crippen molar-refractivity contribution in [2.45, 2.75) is 31.3 Å². The molecule has 0 aliphatic rings. The van der Waals surface area contributed by atoms with Crippen LogP contribution >= 0.6 is 0 Å². The van der Waals surface area contributed by atoms with Crippen molar-refractivity contribution in [1.29, 1.82) is 0 Å². The summed E-state index contributed by atoms with van der Waals surface area (Å²) in [6.07, 6.45) is 0.189. The van der Waals surface area contributed by atoms with Gasteiger partial charge in [0.05, 0.1) is 22.7 Å². The van der Waals surface area contributed by atoms with Crippen molar-refractivity contribution in [3.05, 3.63) is 29.8 Å². The zero-order valence-corrected chi connectivity index (χ0v) is 9.38. The molecule has 0 spiro atoms. The van der Waals surface area contributed by atoms with Gasteiger partial charge in [-0.3, -0.25) is 4.21 Å². The lowest BCUT2D eigenvalue weighted by atomic mass is 10.2. The number of aliphatic hydroxyl groups is 1. The van der Waals surface area contributed by atoms with E-state index in [-0.39, 0.29) is 0 Å². The van der Waals surface area contributed by atoms with Gasteiger partial charge in [-0.1, -0.05) is 24.6 Å². The van der Waals surface area contributed by atoms with E-state index < -0.39 is 16.9 Å². The minimum Gasteiger partial charge on any atom is -0.392 e. The van der Waals surface area contributed by atoms with E-state index in [0.717, 1.165) is 10.5 Å². The van der Waals surface area contributed by atoms with E-state index in [1.807, 2.05) is 38.1 Å². The van der Waals surface area contributed by atoms with Crippen LogP contribution in [0.15, 0.2) is 29.2 Å². The predicted molar refractivity (Wildman–Crippen MR) is 58.8 cm³/mol. The van der Waals surface area contributed by atoms with Crippen molar-refractivity contribution < 1.29 is 9.32 Å². The quantitative estimate of drug-likeness (QED) is 0.827. The van der Waals surface area contributed by atoms with Crippen LogP contribution < -0.4 is 0 Å². The molecule has 0 heterocycles. The molecule has 78 valence electrons. The summed E-state index contributed by atoms with van der Waals surface area (Å²) in [6.45, 7) is 3.88. The Balaban J connectivity index is 2.65. The molecule has 3 heteroatoms. The molecule has 14 heavy (non-hydrogen) atoms. The zero-order chi connectivity index (χ0) is 10.6. The second-order valence-corrected chi connectivity index (χ2v) is 4.88. The first-order valence-electron chi connectivity index (χ1n) is 4.76. The third-order valence-corrected chi connectivity index (χ3v) is 3.58. The van der Waals surface area contributed by atoms with Gasteiger partial charge in [0.15, 0.2) is 0 Å². The minimum absolute atomic E-state index is 0.333. The average molecular weight is 212 g/mol. The molecule has 2 nitrogen and oxygen atoms in total. The van der Waals surface area contributed by atoms with Crippen LogP contribution in [0.4, 0.5) is 0 Å². The third kappa shape index (κ3) is 3.24. The molecule has 1 rings (SSSR count). The van der Waals surface area contributed by atoms with Gasteiger partial charge in [-0.05, 0) is 25.5 Å². The Bertz CT molecular complexity index is 306. The fraction of sp³-hybridized carbons (Fsp3) is 0.455. The molecule has 2 atom stereocenters. The van der Waals surface area contributed by atoms with E-state index in [1.165, 1.54) is 0 Å². The monoisotopic (exact) mass is 212 g/mol. The molecule has 0 fully saturated rings. The van der Waals surface area contributed by atoms with Gasteiger partial charge in [0, 0.05) is 4.90 Å². The van der Waals surface area contributed by atoms with Gasteiger partial charge in [-0.25, -0.2) is 0 Å². The van der Waals surface area contributed by atoms with Crippen LogP contribution in [0, 0.1) is 6.92 Å². The fourth-order valence-electron chi connectivity index (χ4n) is 1.08. The van der Waals surface area contributed by atoms with Crippen molar-refractivity contribution in [1.82, 2.24) is 0 Å². The average Bonchev–Trinajstić information content (AvgIpc) is 2.18. The number of rotatable bonds is 4. The third-order valence-electron chi connectivity index (χ3n) is 2.10. The number of hydrogen-bond acceptors (Lipinski definition) is 2. The van der Waals surface area contributed by atoms with Crippen LogP contribution in [0.1, 0.15) is 18.9 Å². The molecular weight excluding hydrogens is 196 g/mol. The fourth-order valence-corrected chi connectivity index (χ4v) is 2.30. The highest BCUT2D eigenvalue weighted by Crippen LogP contribution is 2.09. The molecule has 0 aliphatic heterocycles. The Morgan fingerprint density at radius 3 is 2.43 bits per heavy atom. The molecule has 1 aromatic carbocycles. The van der Waals surface area contributed by atoms with Crippen LogP contribution in [0.25, 0.3) is 0 Å². The van der Waals surface area contributed by atoms with E-state index >= 15 is 0 Å². The summed E-state index contributed by atoms with van der Waals surface area (Å²) in [7, 11) is -1.07. The molecule has 1 unspecified atom stereocenters. The summed E-state index contributed by atoms with van der Waals surface area (Å²) < 4.78 is 11.7. The number of benzene rings is 1. The molecule has 0 saturated heterocycles. The molecule has 0 saturated carbocycles. The van der Waals surface area contributed by atoms with Gasteiger partial charge in [-0.15, -0.1) is 0 Å². The Morgan fingerprint density at radius 1 is 1.36 bits per heavy atom. The lowest BCUT2D eigenvalue weighted by molar-refractivity contribution is 0.194. The normalized spacial score (nSPS) is 15.1. The predicted octanol–water partition coefficient (Wildman–Crippen LogP) is 1.87. The SMILES string of the molecule is CC[C@H](O)CS(=O)c1ccc(C)cc1. The number of aliphatic hydroxyl groups excluding tert-OH is 1. The summed E-state index contributed by atoms with van der Waals surface area (Å²) in [5.41, 5.74) is 1.15. The summed E-state index contributed by atoms with van der Waals surface area (Å²) in [6, 6.07) is 7.58. The highest BCUT2D eigenvalue weighted by Gasteiger charge is 2.08. The second kappa shape index (κ2) is 5.27. The van der Waals surface area contributed by atoms with E-state index in [9.17, 15) is 9.32 Å². The van der Waals surface area contributed by atoms with Crippen molar-refractivity contribution >= 4 is 10.8 Å². The van der Waals surface area contributed by atoms with Crippen molar-refractivity contribution in [3.8, 4) is 0 Å². The topological polar surface area (TPSA) is 37.3 Å². The van der Waals surface area contributed by atoms with E-state index in [2.05, 4.69) is 0 Å². The molecule has 1 N–H and O–H groups in total. The smallest absolute Gasteiger partial charge is 0.0656 e. The Labute approximate surface area is 87.4 Å². The Morgan fingerprint density at radius 2 is 1.93 bits per heavy atom. The first-order chi connectivity index (χ1) is 6.63. The molecule has 0 radical (unpaired) electrons. The summed E-state index contributed by atoms with van der Waals surface area (Å²) in [5.74, 6) is 0.333. The summed E-state index contributed by atoms with van der Waals surface area (Å²) in [5, 5.41) is 9.35. The van der Waals surface area contributed by atoms with E-state index in [0.29, 0.717) is 12.2 Å². The number of hydrogen-bond donors (Lipinski definition) is 1. The maximum Gasteiger partial charge on any atom is 0.0656 e. The van der Waals surface area contributed by atoms with Crippen LogP contribution in [-0.4, -0.2) is 21.2 Å². The maximum atomic E-state index is 11.7. The first kappa shape index (κ1) is 11.4. The van der Waals surface area contributed by atoms with E-state index in [1.54, 1.807) is 0 Å². The standard InChI is InChI=1S/C11H16O2S/c1-3-10(12)8-14(13)11-6-4-9(2)5-7-11/h4-7,10,12H,3,8H2,1-2H3/t10-,14?/m0/s1. The lowest BCUT2D eigenvalue weighted by Gasteiger charge is -2.07. The van der Waals surface area contributed by atoms with Gasteiger partial charge in [0.25, 0.3) is 0 Å². The van der Waals surface area contributed by atoms with Gasteiger partial charge >= 0.3 is 0 Å². The Kier molecular flexibility index (Phi) is 4.29. The Hall–Kier alpha value is -0.670. The van der Waals surface area contributed by atoms with Crippen molar-refractivity contribution in [2.75, 3.05) is 5.75 Å². The van der Waals surface area contributed by atoms with Crippen LogP contribution in [0.2, 0.25) is 0 Å². The van der Waals surface area contributed by atoms with Gasteiger partial charge in [0.2, 0.25) is 0 Å². The van der Waals surface area contributed by atoms with Gasteiger partial charge in [-0.2, -0.15) is 0 Å². The molecule has 0 aliphatic carbocycles. The van der Waals surface area contributed by atoms with Gasteiger partial charge < -0.3 is 5.11 Å². The largest absolute Gasteiger partial charge is 0.392 e. The second-order valence-electron chi connectivity index (χ2n) is 3.39. The maximum absolute atomic E-state index is 11.7. The first-order valence-corrected chi connectivity index (χ1v) is 6.08. The number of aryl methyl sites for hydroxylation is 1. The lowest BCUT2D eigenvalue weighted by Crippen LogP contribution is -2.15. The van der Waals surface area contributed by atoms with Crippen LogP contribution in [0.5, 0.6) is 0 Å². The molecule has 0 bridgehead atoms. The van der Waals surface area contributed by atoms with Crippen LogP contribution in [0.3, 0.4) is 0 Å². The van der Waals surface area contributed by atoms with Crippen molar-refractivity contribution in [2.24, 2.45) is 0 Å². The summed E-state index contributed by atoms with van der Waals surface area (Å²) >= 11 is 0. The highest BCUT2D eigenvalue weighted by molar-refractivity contribution is 7.85. The summed E-state index contributed by atoms with van der Waals surface area (Å²) in [4.78, 5) is 0.795. The molecule has 0 amide bonds. The highest BCUT2D eigenvalue weighted by atomic mass is 32.2. The minimum atomic E-state index is -1.07. The van der Waals surface area contributed by atoms with E-state index in [4.69, 9.17) is 0 Å². The van der Waals surface area contributed by atoms with Gasteiger partial charge in [0.1, 0.15) is 0 Å². The van der Waals surface area contributed by atoms with Crippen LogP contribution in [-0.2, 0) is 10.8 Å². The molecule has 0 aromatic heterocycles. The van der Waals surface area contributed by atoms with Crippen molar-refractivity contribution in [3.63, 3.8) is 0 Å².